The lowest BCUT2D eigenvalue weighted by Crippen LogP contribution is -2.26. The molecule has 0 saturated carbocycles. The Labute approximate surface area is 167 Å². The molecule has 0 saturated heterocycles. The summed E-state index contributed by atoms with van der Waals surface area (Å²) in [6.07, 6.45) is 0.388. The second-order valence-corrected chi connectivity index (χ2v) is 7.65. The Hall–Kier alpha value is -2.73. The Balaban J connectivity index is 1.77. The molecule has 0 unspecified atom stereocenters. The second kappa shape index (κ2) is 8.52. The summed E-state index contributed by atoms with van der Waals surface area (Å²) in [6.45, 7) is 3.76. The number of benzene rings is 2. The van der Waals surface area contributed by atoms with Crippen molar-refractivity contribution in [1.82, 2.24) is 9.55 Å². The van der Waals surface area contributed by atoms with Crippen molar-refractivity contribution in [2.45, 2.75) is 25.4 Å². The van der Waals surface area contributed by atoms with Gasteiger partial charge in [0.25, 0.3) is 5.56 Å². The molecule has 0 bridgehead atoms. The molecule has 1 aromatic heterocycles. The molecular weight excluding hydrogens is 375 g/mol. The summed E-state index contributed by atoms with van der Waals surface area (Å²) in [4.78, 5) is 29.7. The van der Waals surface area contributed by atoms with E-state index in [1.807, 2.05) is 31.2 Å². The highest BCUT2D eigenvalue weighted by atomic mass is 32.2. The van der Waals surface area contributed by atoms with Gasteiger partial charge < -0.3 is 0 Å². The number of Topliss-reactive ketones (excluding diaryl/α,β-unsaturated/α-hetero) is 1. The van der Waals surface area contributed by atoms with E-state index in [9.17, 15) is 14.0 Å². The first-order chi connectivity index (χ1) is 13.3. The molecule has 0 atom stereocenters. The summed E-state index contributed by atoms with van der Waals surface area (Å²) in [5.74, 6) is -0.108. The van der Waals surface area contributed by atoms with E-state index in [-0.39, 0.29) is 22.9 Å². The van der Waals surface area contributed by atoms with Crippen LogP contribution in [0.3, 0.4) is 0 Å². The number of carbonyl (C=O) groups excluding carboxylic acids is 1. The maximum atomic E-state index is 13.1. The van der Waals surface area contributed by atoms with E-state index in [2.05, 4.69) is 4.98 Å². The van der Waals surface area contributed by atoms with Crippen LogP contribution >= 0.6 is 11.8 Å². The fourth-order valence-corrected chi connectivity index (χ4v) is 3.73. The zero-order valence-electron chi connectivity index (χ0n) is 16.0. The molecule has 0 aliphatic rings. The monoisotopic (exact) mass is 396 g/mol. The topological polar surface area (TPSA) is 52.0 Å². The maximum absolute atomic E-state index is 13.1. The largest absolute Gasteiger partial charge is 0.293 e. The van der Waals surface area contributed by atoms with Gasteiger partial charge in [0.1, 0.15) is 5.82 Å². The quantitative estimate of drug-likeness (QED) is 0.358. The summed E-state index contributed by atoms with van der Waals surface area (Å²) in [7, 11) is 1.65. The molecule has 6 heteroatoms. The lowest BCUT2D eigenvalue weighted by Gasteiger charge is -2.12. The third kappa shape index (κ3) is 4.57. The molecule has 3 aromatic rings. The third-order valence-corrected chi connectivity index (χ3v) is 5.58. The van der Waals surface area contributed by atoms with Crippen LogP contribution < -0.4 is 5.56 Å². The molecule has 2 aromatic carbocycles. The number of hydrogen-bond donors (Lipinski definition) is 0. The lowest BCUT2D eigenvalue weighted by atomic mass is 10.1. The zero-order valence-corrected chi connectivity index (χ0v) is 16.8. The molecule has 0 aliphatic heterocycles. The summed E-state index contributed by atoms with van der Waals surface area (Å²) in [6, 6.07) is 13.5. The molecule has 0 N–H and O–H groups in total. The van der Waals surface area contributed by atoms with E-state index in [0.717, 1.165) is 11.1 Å². The minimum absolute atomic E-state index is 0.00714. The zero-order chi connectivity index (χ0) is 20.3. The summed E-state index contributed by atoms with van der Waals surface area (Å²) in [5, 5.41) is 0.505. The Morgan fingerprint density at radius 1 is 1.07 bits per heavy atom. The Morgan fingerprint density at radius 2 is 1.71 bits per heavy atom. The summed E-state index contributed by atoms with van der Waals surface area (Å²) in [5.41, 5.74) is 3.63. The predicted molar refractivity (Wildman–Crippen MR) is 110 cm³/mol. The van der Waals surface area contributed by atoms with Crippen molar-refractivity contribution < 1.29 is 9.18 Å². The average molecular weight is 396 g/mol. The summed E-state index contributed by atoms with van der Waals surface area (Å²) >= 11 is 1.25. The molecule has 0 amide bonds. The van der Waals surface area contributed by atoms with Crippen LogP contribution in [-0.2, 0) is 13.5 Å². The van der Waals surface area contributed by atoms with Crippen molar-refractivity contribution in [3.8, 4) is 0 Å². The van der Waals surface area contributed by atoms with Gasteiger partial charge in [0.15, 0.2) is 10.9 Å². The first-order valence-electron chi connectivity index (χ1n) is 8.89. The predicted octanol–water partition coefficient (Wildman–Crippen LogP) is 4.10. The van der Waals surface area contributed by atoms with Crippen LogP contribution in [0.25, 0.3) is 0 Å². The number of carbonyl (C=O) groups is 1. The van der Waals surface area contributed by atoms with Gasteiger partial charge in [0.2, 0.25) is 0 Å². The summed E-state index contributed by atoms with van der Waals surface area (Å²) < 4.78 is 14.6. The minimum Gasteiger partial charge on any atom is -0.293 e. The molecule has 144 valence electrons. The number of thioether (sulfide) groups is 1. The molecule has 4 nitrogen and oxygen atoms in total. The molecule has 0 aliphatic carbocycles. The Kier molecular flexibility index (Phi) is 6.09. The molecule has 0 fully saturated rings. The van der Waals surface area contributed by atoms with Gasteiger partial charge in [0, 0.05) is 30.3 Å². The fourth-order valence-electron chi connectivity index (χ4n) is 2.82. The lowest BCUT2D eigenvalue weighted by molar-refractivity contribution is 0.102. The van der Waals surface area contributed by atoms with Gasteiger partial charge >= 0.3 is 0 Å². The molecule has 1 heterocycles. The molecule has 28 heavy (non-hydrogen) atoms. The van der Waals surface area contributed by atoms with Crippen molar-refractivity contribution in [3.63, 3.8) is 0 Å². The van der Waals surface area contributed by atoms with Crippen LogP contribution in [-0.4, -0.2) is 21.1 Å². The van der Waals surface area contributed by atoms with Gasteiger partial charge in [-0.15, -0.1) is 0 Å². The van der Waals surface area contributed by atoms with Crippen molar-refractivity contribution in [1.29, 1.82) is 0 Å². The number of hydrogen-bond acceptors (Lipinski definition) is 4. The van der Waals surface area contributed by atoms with Crippen molar-refractivity contribution in [2.75, 3.05) is 5.75 Å². The van der Waals surface area contributed by atoms with E-state index >= 15 is 0 Å². The second-order valence-electron chi connectivity index (χ2n) is 6.70. The van der Waals surface area contributed by atoms with Crippen molar-refractivity contribution >= 4 is 17.5 Å². The van der Waals surface area contributed by atoms with Crippen LogP contribution in [0.5, 0.6) is 0 Å². The standard InChI is InChI=1S/C22H21FN2O2S/c1-14-4-8-17(9-5-14)20(26)13-28-22-24-15(2)19(21(27)25(22)3)12-16-6-10-18(23)11-7-16/h4-11H,12-13H2,1-3H3. The normalized spacial score (nSPS) is 10.9. The number of halogens is 1. The van der Waals surface area contributed by atoms with E-state index in [4.69, 9.17) is 0 Å². The average Bonchev–Trinajstić information content (AvgIpc) is 2.68. The van der Waals surface area contributed by atoms with Gasteiger partial charge in [-0.1, -0.05) is 53.7 Å². The van der Waals surface area contributed by atoms with Gasteiger partial charge in [-0.05, 0) is 31.5 Å². The van der Waals surface area contributed by atoms with Gasteiger partial charge in [-0.2, -0.15) is 0 Å². The number of aryl methyl sites for hydroxylation is 2. The molecule has 3 rings (SSSR count). The highest BCUT2D eigenvalue weighted by Crippen LogP contribution is 2.18. The fraction of sp³-hybridized carbons (Fsp3) is 0.227. The van der Waals surface area contributed by atoms with Crippen LogP contribution in [0.2, 0.25) is 0 Å². The number of aromatic nitrogens is 2. The van der Waals surface area contributed by atoms with Crippen LogP contribution in [0.4, 0.5) is 4.39 Å². The van der Waals surface area contributed by atoms with Gasteiger partial charge in [-0.3, -0.25) is 14.2 Å². The maximum Gasteiger partial charge on any atom is 0.257 e. The third-order valence-electron chi connectivity index (χ3n) is 4.55. The van der Waals surface area contributed by atoms with Crippen LogP contribution in [0, 0.1) is 19.7 Å². The van der Waals surface area contributed by atoms with Crippen molar-refractivity contribution in [2.24, 2.45) is 7.05 Å². The van der Waals surface area contributed by atoms with Crippen LogP contribution in [0.15, 0.2) is 58.5 Å². The Bertz CT molecular complexity index is 1060. The van der Waals surface area contributed by atoms with Gasteiger partial charge in [0.05, 0.1) is 5.75 Å². The van der Waals surface area contributed by atoms with E-state index in [0.29, 0.717) is 28.4 Å². The molecule has 0 spiro atoms. The minimum atomic E-state index is -0.309. The van der Waals surface area contributed by atoms with E-state index < -0.39 is 0 Å². The first kappa shape index (κ1) is 20.0. The highest BCUT2D eigenvalue weighted by Gasteiger charge is 2.15. The number of ketones is 1. The molecular formula is C22H21FN2O2S. The smallest absolute Gasteiger partial charge is 0.257 e. The Morgan fingerprint density at radius 3 is 2.36 bits per heavy atom. The van der Waals surface area contributed by atoms with Crippen LogP contribution in [0.1, 0.15) is 32.7 Å². The first-order valence-corrected chi connectivity index (χ1v) is 9.87. The number of rotatable bonds is 6. The van der Waals surface area contributed by atoms with E-state index in [1.54, 1.807) is 26.1 Å². The van der Waals surface area contributed by atoms with E-state index in [1.165, 1.54) is 28.5 Å². The molecule has 0 radical (unpaired) electrons. The van der Waals surface area contributed by atoms with Gasteiger partial charge in [-0.25, -0.2) is 9.37 Å². The van der Waals surface area contributed by atoms with Crippen molar-refractivity contribution in [3.05, 3.63) is 92.6 Å². The number of nitrogens with zero attached hydrogens (tertiary/aromatic N) is 2. The highest BCUT2D eigenvalue weighted by molar-refractivity contribution is 7.99. The SMILES string of the molecule is Cc1ccc(C(=O)CSc2nc(C)c(Cc3ccc(F)cc3)c(=O)n2C)cc1.